The summed E-state index contributed by atoms with van der Waals surface area (Å²) in [5.74, 6) is 0. The van der Waals surface area contributed by atoms with Crippen molar-refractivity contribution in [2.75, 3.05) is 6.61 Å². The van der Waals surface area contributed by atoms with Gasteiger partial charge in [-0.1, -0.05) is 23.2 Å². The number of H-pyrrole nitrogens is 1. The van der Waals surface area contributed by atoms with Gasteiger partial charge in [0.15, 0.2) is 5.65 Å². The third-order valence-electron chi connectivity index (χ3n) is 1.64. The van der Waals surface area contributed by atoms with Gasteiger partial charge in [0.1, 0.15) is 5.15 Å². The first-order chi connectivity index (χ1) is 6.70. The monoisotopic (exact) mass is 231 g/mol. The molecule has 0 amide bonds. The Morgan fingerprint density at radius 1 is 1.43 bits per heavy atom. The van der Waals surface area contributed by atoms with Gasteiger partial charge >= 0.3 is 0 Å². The zero-order valence-electron chi connectivity index (χ0n) is 7.34. The van der Waals surface area contributed by atoms with Crippen LogP contribution in [-0.2, 0) is 0 Å². The molecule has 0 aliphatic carbocycles. The van der Waals surface area contributed by atoms with Gasteiger partial charge in [0.25, 0.3) is 6.01 Å². The van der Waals surface area contributed by atoms with Crippen molar-refractivity contribution in [3.63, 3.8) is 0 Å². The molecule has 0 radical (unpaired) electrons. The van der Waals surface area contributed by atoms with E-state index in [0.29, 0.717) is 28.8 Å². The molecule has 0 fully saturated rings. The molecule has 0 aliphatic heterocycles. The fourth-order valence-electron chi connectivity index (χ4n) is 1.08. The van der Waals surface area contributed by atoms with E-state index in [4.69, 9.17) is 27.9 Å². The molecule has 2 heterocycles. The van der Waals surface area contributed by atoms with Crippen molar-refractivity contribution in [2.45, 2.75) is 6.92 Å². The maximum atomic E-state index is 5.79. The Hall–Kier alpha value is -1.00. The van der Waals surface area contributed by atoms with E-state index in [1.54, 1.807) is 6.07 Å². The Morgan fingerprint density at radius 2 is 2.21 bits per heavy atom. The zero-order valence-corrected chi connectivity index (χ0v) is 8.85. The van der Waals surface area contributed by atoms with Gasteiger partial charge in [-0.25, -0.2) is 4.98 Å². The molecule has 0 atom stereocenters. The number of rotatable bonds is 2. The van der Waals surface area contributed by atoms with Crippen LogP contribution in [0.1, 0.15) is 6.92 Å². The quantitative estimate of drug-likeness (QED) is 0.809. The summed E-state index contributed by atoms with van der Waals surface area (Å²) in [6, 6.07) is 2.09. The first-order valence-corrected chi connectivity index (χ1v) is 4.81. The Kier molecular flexibility index (Phi) is 2.48. The lowest BCUT2D eigenvalue weighted by Gasteiger charge is -1.93. The van der Waals surface area contributed by atoms with Crippen LogP contribution in [0.2, 0.25) is 10.2 Å². The van der Waals surface area contributed by atoms with E-state index in [1.165, 1.54) is 0 Å². The van der Waals surface area contributed by atoms with Crippen LogP contribution in [0.4, 0.5) is 0 Å². The fourth-order valence-corrected chi connectivity index (χ4v) is 1.37. The Morgan fingerprint density at radius 3 is 2.93 bits per heavy atom. The summed E-state index contributed by atoms with van der Waals surface area (Å²) in [5, 5.41) is 0.639. The predicted octanol–water partition coefficient (Wildman–Crippen LogP) is 2.66. The number of hydrogen-bond acceptors (Lipinski definition) is 3. The minimum Gasteiger partial charge on any atom is -0.465 e. The molecule has 0 saturated heterocycles. The molecule has 2 rings (SSSR count). The summed E-state index contributed by atoms with van der Waals surface area (Å²) >= 11 is 11.5. The van der Waals surface area contributed by atoms with Gasteiger partial charge in [-0.15, -0.1) is 0 Å². The number of imidazole rings is 1. The number of aromatic nitrogens is 3. The minimum absolute atomic E-state index is 0.244. The number of fused-ring (bicyclic) bond motifs is 1. The summed E-state index contributed by atoms with van der Waals surface area (Å²) in [7, 11) is 0. The van der Waals surface area contributed by atoms with Gasteiger partial charge in [-0.3, -0.25) is 0 Å². The van der Waals surface area contributed by atoms with Crippen molar-refractivity contribution in [3.8, 4) is 6.01 Å². The van der Waals surface area contributed by atoms with E-state index in [1.807, 2.05) is 6.92 Å². The molecule has 0 spiro atoms. The van der Waals surface area contributed by atoms with E-state index in [9.17, 15) is 0 Å². The van der Waals surface area contributed by atoms with Gasteiger partial charge in [0, 0.05) is 0 Å². The van der Waals surface area contributed by atoms with Gasteiger partial charge in [0.2, 0.25) is 0 Å². The number of nitrogens with one attached hydrogen (secondary N) is 1. The molecule has 0 unspecified atom stereocenters. The normalized spacial score (nSPS) is 10.8. The molecule has 2 aromatic heterocycles. The van der Waals surface area contributed by atoms with Crippen LogP contribution in [-0.4, -0.2) is 21.6 Å². The molecule has 14 heavy (non-hydrogen) atoms. The van der Waals surface area contributed by atoms with Crippen molar-refractivity contribution < 1.29 is 4.74 Å². The molecule has 0 aliphatic rings. The van der Waals surface area contributed by atoms with Gasteiger partial charge in [0.05, 0.1) is 17.1 Å². The van der Waals surface area contributed by atoms with Crippen molar-refractivity contribution in [3.05, 3.63) is 16.2 Å². The number of halogens is 2. The number of hydrogen-bond donors (Lipinski definition) is 1. The molecule has 1 N–H and O–H groups in total. The molecule has 2 aromatic rings. The SMILES string of the molecule is CCOc1nc2nc(Cl)c(Cl)cc2[nH]1. The molecule has 0 aromatic carbocycles. The Labute approximate surface area is 90.2 Å². The molecule has 74 valence electrons. The van der Waals surface area contributed by atoms with Crippen LogP contribution in [0.15, 0.2) is 6.07 Å². The maximum absolute atomic E-state index is 5.79. The topological polar surface area (TPSA) is 50.8 Å². The smallest absolute Gasteiger partial charge is 0.296 e. The van der Waals surface area contributed by atoms with Crippen LogP contribution < -0.4 is 4.74 Å². The summed E-state index contributed by atoms with van der Waals surface area (Å²) < 4.78 is 5.18. The lowest BCUT2D eigenvalue weighted by molar-refractivity contribution is 0.317. The number of pyridine rings is 1. The van der Waals surface area contributed by atoms with Gasteiger partial charge in [-0.2, -0.15) is 4.98 Å². The Bertz CT molecular complexity index is 430. The van der Waals surface area contributed by atoms with Crippen LogP contribution in [0.25, 0.3) is 11.2 Å². The summed E-state index contributed by atoms with van der Waals surface area (Å²) in [5.41, 5.74) is 1.21. The largest absolute Gasteiger partial charge is 0.465 e. The number of aromatic amines is 1. The fraction of sp³-hybridized carbons (Fsp3) is 0.250. The molecule has 0 saturated carbocycles. The van der Waals surface area contributed by atoms with E-state index < -0.39 is 0 Å². The van der Waals surface area contributed by atoms with Gasteiger partial charge < -0.3 is 9.72 Å². The number of ether oxygens (including phenoxy) is 1. The maximum Gasteiger partial charge on any atom is 0.296 e. The summed E-state index contributed by atoms with van der Waals surface area (Å²) in [6.45, 7) is 2.42. The third-order valence-corrected chi connectivity index (χ3v) is 2.32. The van der Waals surface area contributed by atoms with Crippen molar-refractivity contribution >= 4 is 34.4 Å². The van der Waals surface area contributed by atoms with E-state index >= 15 is 0 Å². The molecule has 4 nitrogen and oxygen atoms in total. The predicted molar refractivity (Wildman–Crippen MR) is 55.1 cm³/mol. The van der Waals surface area contributed by atoms with Crippen molar-refractivity contribution in [1.82, 2.24) is 15.0 Å². The zero-order chi connectivity index (χ0) is 10.1. The average Bonchev–Trinajstić information content (AvgIpc) is 2.48. The highest BCUT2D eigenvalue weighted by Crippen LogP contribution is 2.24. The van der Waals surface area contributed by atoms with E-state index in [0.717, 1.165) is 0 Å². The van der Waals surface area contributed by atoms with Crippen LogP contribution in [0, 0.1) is 0 Å². The highest BCUT2D eigenvalue weighted by Gasteiger charge is 2.07. The second-order valence-electron chi connectivity index (χ2n) is 2.61. The van der Waals surface area contributed by atoms with Crippen molar-refractivity contribution in [2.24, 2.45) is 0 Å². The highest BCUT2D eigenvalue weighted by molar-refractivity contribution is 6.41. The summed E-state index contributed by atoms with van der Waals surface area (Å²) in [4.78, 5) is 11.0. The molecular formula is C8H7Cl2N3O. The first-order valence-electron chi connectivity index (χ1n) is 4.05. The molecule has 0 bridgehead atoms. The number of nitrogens with zero attached hydrogens (tertiary/aromatic N) is 2. The van der Waals surface area contributed by atoms with Crippen molar-refractivity contribution in [1.29, 1.82) is 0 Å². The second-order valence-corrected chi connectivity index (χ2v) is 3.37. The average molecular weight is 232 g/mol. The van der Waals surface area contributed by atoms with Crippen LogP contribution >= 0.6 is 23.2 Å². The van der Waals surface area contributed by atoms with Crippen LogP contribution in [0.3, 0.4) is 0 Å². The highest BCUT2D eigenvalue weighted by atomic mass is 35.5. The van der Waals surface area contributed by atoms with Crippen LogP contribution in [0.5, 0.6) is 6.01 Å². The van der Waals surface area contributed by atoms with E-state index in [2.05, 4.69) is 15.0 Å². The molecular weight excluding hydrogens is 225 g/mol. The standard InChI is InChI=1S/C8H7Cl2N3O/c1-2-14-8-11-5-3-4(9)6(10)12-7(5)13-8/h3H,2H2,1H3,(H,11,12,13). The first kappa shape index (κ1) is 9.55. The summed E-state index contributed by atoms with van der Waals surface area (Å²) in [6.07, 6.45) is 0. The minimum atomic E-state index is 0.244. The Balaban J connectivity index is 2.54. The third kappa shape index (κ3) is 1.63. The molecule has 6 heteroatoms. The van der Waals surface area contributed by atoms with E-state index in [-0.39, 0.29) is 5.15 Å². The second kappa shape index (κ2) is 3.63. The lowest BCUT2D eigenvalue weighted by atomic mass is 10.4. The van der Waals surface area contributed by atoms with Gasteiger partial charge in [-0.05, 0) is 13.0 Å². The lowest BCUT2D eigenvalue weighted by Crippen LogP contribution is -1.92.